The van der Waals surface area contributed by atoms with Gasteiger partial charge in [0.15, 0.2) is 0 Å². The van der Waals surface area contributed by atoms with Gasteiger partial charge in [-0.1, -0.05) is 24.4 Å². The maximum Gasteiger partial charge on any atom is 0.122 e. The maximum atomic E-state index is 7.08. The molecule has 0 unspecified atom stereocenters. The van der Waals surface area contributed by atoms with Gasteiger partial charge in [-0.15, -0.1) is 0 Å². The zero-order valence-electron chi connectivity index (χ0n) is 5.42. The first-order chi connectivity index (χ1) is 4.70. The monoisotopic (exact) mass is 152 g/mol. The number of nitrogens with two attached hydrogens (primary N) is 1. The summed E-state index contributed by atoms with van der Waals surface area (Å²) in [5.74, 6) is 0.0818. The third-order valence-electron chi connectivity index (χ3n) is 1.24. The van der Waals surface area contributed by atoms with Crippen LogP contribution in [0.5, 0.6) is 0 Å². The Balaban J connectivity index is 2.86. The van der Waals surface area contributed by atoms with Crippen molar-refractivity contribution in [3.63, 3.8) is 0 Å². The molecule has 0 aromatic rings. The molecule has 2 nitrogen and oxygen atoms in total. The van der Waals surface area contributed by atoms with E-state index in [1.807, 2.05) is 12.2 Å². The molecular weight excluding hydrogens is 144 g/mol. The Labute approximate surface area is 64.9 Å². The van der Waals surface area contributed by atoms with E-state index < -0.39 is 0 Å². The molecule has 3 heteroatoms. The molecule has 0 heterocycles. The summed E-state index contributed by atoms with van der Waals surface area (Å²) in [6.45, 7) is 0. The third kappa shape index (κ3) is 1.51. The van der Waals surface area contributed by atoms with Crippen molar-refractivity contribution >= 4 is 22.9 Å². The summed E-state index contributed by atoms with van der Waals surface area (Å²) in [6, 6.07) is 0. The molecule has 0 aromatic carbocycles. The summed E-state index contributed by atoms with van der Waals surface area (Å²) in [5.41, 5.74) is 5.95. The number of rotatable bonds is 1. The first kappa shape index (κ1) is 7.15. The van der Waals surface area contributed by atoms with Crippen LogP contribution in [0.1, 0.15) is 6.42 Å². The Bertz CT molecular complexity index is 236. The van der Waals surface area contributed by atoms with Crippen molar-refractivity contribution in [3.05, 3.63) is 23.8 Å². The zero-order valence-corrected chi connectivity index (χ0v) is 6.24. The topological polar surface area (TPSA) is 49.9 Å². The van der Waals surface area contributed by atoms with E-state index in [4.69, 9.17) is 23.4 Å². The standard InChI is InChI=1S/C7H8N2S/c8-7(9)5-2-1-3-6(10)4-5/h1-2,4H,3H2,(H3,8,9). The highest BCUT2D eigenvalue weighted by Crippen LogP contribution is 2.07. The molecule has 52 valence electrons. The van der Waals surface area contributed by atoms with Crippen LogP contribution in [-0.2, 0) is 0 Å². The quantitative estimate of drug-likeness (QED) is 0.337. The van der Waals surface area contributed by atoms with Gasteiger partial charge in [0.05, 0.1) is 0 Å². The minimum atomic E-state index is 0.0818. The minimum Gasteiger partial charge on any atom is -0.384 e. The van der Waals surface area contributed by atoms with E-state index in [0.29, 0.717) is 0 Å². The molecule has 0 aliphatic heterocycles. The maximum absolute atomic E-state index is 7.08. The van der Waals surface area contributed by atoms with E-state index in [1.54, 1.807) is 6.08 Å². The smallest absolute Gasteiger partial charge is 0.122 e. The summed E-state index contributed by atoms with van der Waals surface area (Å²) < 4.78 is 0. The predicted octanol–water partition coefficient (Wildman–Crippen LogP) is 1.18. The number of allylic oxidation sites excluding steroid dienone is 2. The van der Waals surface area contributed by atoms with E-state index in [-0.39, 0.29) is 5.84 Å². The van der Waals surface area contributed by atoms with E-state index >= 15 is 0 Å². The Kier molecular flexibility index (Phi) is 1.97. The van der Waals surface area contributed by atoms with Gasteiger partial charge in [-0.3, -0.25) is 5.41 Å². The normalized spacial score (nSPS) is 16.8. The second-order valence-electron chi connectivity index (χ2n) is 2.09. The fourth-order valence-corrected chi connectivity index (χ4v) is 0.973. The number of nitrogens with one attached hydrogen (secondary N) is 1. The highest BCUT2D eigenvalue weighted by Gasteiger charge is 2.02. The van der Waals surface area contributed by atoms with Crippen LogP contribution in [0.3, 0.4) is 0 Å². The summed E-state index contributed by atoms with van der Waals surface area (Å²) in [5, 5.41) is 7.08. The van der Waals surface area contributed by atoms with Gasteiger partial charge in [0.2, 0.25) is 0 Å². The van der Waals surface area contributed by atoms with Gasteiger partial charge in [-0.25, -0.2) is 0 Å². The fraction of sp³-hybridized carbons (Fsp3) is 0.143. The van der Waals surface area contributed by atoms with Crippen molar-refractivity contribution in [1.82, 2.24) is 0 Å². The average Bonchev–Trinajstić information content (AvgIpc) is 1.88. The molecule has 0 bridgehead atoms. The summed E-state index contributed by atoms with van der Waals surface area (Å²) in [7, 11) is 0. The second-order valence-corrected chi connectivity index (χ2v) is 2.61. The van der Waals surface area contributed by atoms with Crippen LogP contribution in [0.15, 0.2) is 23.8 Å². The van der Waals surface area contributed by atoms with Crippen LogP contribution in [0.4, 0.5) is 0 Å². The lowest BCUT2D eigenvalue weighted by Crippen LogP contribution is -2.14. The molecule has 0 saturated heterocycles. The van der Waals surface area contributed by atoms with Gasteiger partial charge >= 0.3 is 0 Å². The van der Waals surface area contributed by atoms with E-state index in [2.05, 4.69) is 0 Å². The molecule has 0 radical (unpaired) electrons. The van der Waals surface area contributed by atoms with Crippen molar-refractivity contribution in [2.45, 2.75) is 6.42 Å². The van der Waals surface area contributed by atoms with Crippen molar-refractivity contribution in [2.75, 3.05) is 0 Å². The molecule has 0 fully saturated rings. The highest BCUT2D eigenvalue weighted by molar-refractivity contribution is 7.80. The van der Waals surface area contributed by atoms with E-state index in [9.17, 15) is 0 Å². The van der Waals surface area contributed by atoms with Crippen LogP contribution in [0, 0.1) is 5.41 Å². The molecule has 10 heavy (non-hydrogen) atoms. The molecule has 0 saturated carbocycles. The van der Waals surface area contributed by atoms with Crippen LogP contribution < -0.4 is 5.73 Å². The molecule has 0 spiro atoms. The number of hydrogen-bond donors (Lipinski definition) is 2. The van der Waals surface area contributed by atoms with Crippen LogP contribution in [-0.4, -0.2) is 10.7 Å². The largest absolute Gasteiger partial charge is 0.384 e. The van der Waals surface area contributed by atoms with Crippen molar-refractivity contribution < 1.29 is 0 Å². The predicted molar refractivity (Wildman–Crippen MR) is 46.4 cm³/mol. The summed E-state index contributed by atoms with van der Waals surface area (Å²) in [6.07, 6.45) is 6.29. The van der Waals surface area contributed by atoms with Gasteiger partial charge in [0, 0.05) is 16.9 Å². The second kappa shape index (κ2) is 2.75. The first-order valence-electron chi connectivity index (χ1n) is 2.95. The lowest BCUT2D eigenvalue weighted by molar-refractivity contribution is 1.40. The molecule has 1 rings (SSSR count). The van der Waals surface area contributed by atoms with Gasteiger partial charge in [0.25, 0.3) is 0 Å². The molecule has 0 amide bonds. The van der Waals surface area contributed by atoms with Gasteiger partial charge in [-0.05, 0) is 6.08 Å². The summed E-state index contributed by atoms with van der Waals surface area (Å²) in [4.78, 5) is 0.840. The number of amidine groups is 1. The average molecular weight is 152 g/mol. The Hall–Kier alpha value is -0.960. The molecule has 1 aliphatic carbocycles. The third-order valence-corrected chi connectivity index (χ3v) is 1.53. The number of thiocarbonyl (C=S) groups is 1. The summed E-state index contributed by atoms with van der Waals surface area (Å²) >= 11 is 4.92. The SMILES string of the molecule is N=C(N)C1=CC(=S)CC=C1. The van der Waals surface area contributed by atoms with E-state index in [0.717, 1.165) is 16.9 Å². The minimum absolute atomic E-state index is 0.0818. The molecule has 0 atom stereocenters. The zero-order chi connectivity index (χ0) is 7.56. The highest BCUT2D eigenvalue weighted by atomic mass is 32.1. The van der Waals surface area contributed by atoms with Crippen LogP contribution in [0.2, 0.25) is 0 Å². The fourth-order valence-electron chi connectivity index (χ4n) is 0.750. The van der Waals surface area contributed by atoms with Gasteiger partial charge in [-0.2, -0.15) is 0 Å². The molecule has 0 aromatic heterocycles. The number of hydrogen-bond acceptors (Lipinski definition) is 2. The lowest BCUT2D eigenvalue weighted by atomic mass is 10.1. The molecule has 3 N–H and O–H groups in total. The van der Waals surface area contributed by atoms with Crippen LogP contribution >= 0.6 is 12.2 Å². The van der Waals surface area contributed by atoms with Gasteiger partial charge in [0.1, 0.15) is 5.84 Å². The molecular formula is C7H8N2S. The van der Waals surface area contributed by atoms with Crippen LogP contribution in [0.25, 0.3) is 0 Å². The Morgan fingerprint density at radius 1 is 1.70 bits per heavy atom. The first-order valence-corrected chi connectivity index (χ1v) is 3.36. The molecule has 1 aliphatic rings. The Morgan fingerprint density at radius 2 is 2.40 bits per heavy atom. The van der Waals surface area contributed by atoms with Crippen molar-refractivity contribution in [1.29, 1.82) is 5.41 Å². The lowest BCUT2D eigenvalue weighted by Gasteiger charge is -2.04. The van der Waals surface area contributed by atoms with E-state index in [1.165, 1.54) is 0 Å². The van der Waals surface area contributed by atoms with Crippen molar-refractivity contribution in [3.8, 4) is 0 Å². The van der Waals surface area contributed by atoms with Gasteiger partial charge < -0.3 is 5.73 Å². The Morgan fingerprint density at radius 3 is 2.80 bits per heavy atom. The van der Waals surface area contributed by atoms with Crippen molar-refractivity contribution in [2.24, 2.45) is 5.73 Å².